The SMILES string of the molecule is CN=C(NCc1cccc(Cn2cncn2)c1)N1CCC(C)CC1. The summed E-state index contributed by atoms with van der Waals surface area (Å²) in [5, 5.41) is 7.66. The molecule has 0 amide bonds. The molecule has 0 spiro atoms. The molecule has 24 heavy (non-hydrogen) atoms. The van der Waals surface area contributed by atoms with Crippen LogP contribution in [0.2, 0.25) is 0 Å². The van der Waals surface area contributed by atoms with Crippen molar-refractivity contribution in [1.82, 2.24) is 25.0 Å². The quantitative estimate of drug-likeness (QED) is 0.691. The summed E-state index contributed by atoms with van der Waals surface area (Å²) >= 11 is 0. The van der Waals surface area contributed by atoms with E-state index in [1.165, 1.54) is 24.0 Å². The lowest BCUT2D eigenvalue weighted by molar-refractivity contribution is 0.273. The second-order valence-corrected chi connectivity index (χ2v) is 6.48. The molecular weight excluding hydrogens is 300 g/mol. The fourth-order valence-electron chi connectivity index (χ4n) is 3.07. The maximum absolute atomic E-state index is 4.44. The van der Waals surface area contributed by atoms with Crippen molar-refractivity contribution >= 4 is 5.96 Å². The zero-order chi connectivity index (χ0) is 16.8. The molecule has 3 rings (SSSR count). The third-order valence-electron chi connectivity index (χ3n) is 4.55. The molecule has 0 atom stereocenters. The van der Waals surface area contributed by atoms with E-state index in [1.54, 1.807) is 12.7 Å². The summed E-state index contributed by atoms with van der Waals surface area (Å²) in [5.41, 5.74) is 2.47. The van der Waals surface area contributed by atoms with Gasteiger partial charge in [0.05, 0.1) is 6.54 Å². The summed E-state index contributed by atoms with van der Waals surface area (Å²) in [5.74, 6) is 1.83. The molecule has 2 aromatic rings. The Morgan fingerprint density at radius 3 is 2.79 bits per heavy atom. The Hall–Kier alpha value is -2.37. The van der Waals surface area contributed by atoms with Crippen molar-refractivity contribution in [2.24, 2.45) is 10.9 Å². The summed E-state index contributed by atoms with van der Waals surface area (Å²) in [6.07, 6.45) is 5.79. The summed E-state index contributed by atoms with van der Waals surface area (Å²) in [6, 6.07) is 8.56. The molecule has 1 N–H and O–H groups in total. The molecule has 0 saturated carbocycles. The summed E-state index contributed by atoms with van der Waals surface area (Å²) in [4.78, 5) is 10.8. The largest absolute Gasteiger partial charge is 0.352 e. The zero-order valence-electron chi connectivity index (χ0n) is 14.5. The molecule has 128 valence electrons. The lowest BCUT2D eigenvalue weighted by Crippen LogP contribution is -2.45. The third-order valence-corrected chi connectivity index (χ3v) is 4.55. The third kappa shape index (κ3) is 4.34. The molecule has 1 saturated heterocycles. The van der Waals surface area contributed by atoms with Crippen LogP contribution in [0.5, 0.6) is 0 Å². The van der Waals surface area contributed by atoms with Crippen LogP contribution in [-0.4, -0.2) is 45.8 Å². The second kappa shape index (κ2) is 7.95. The molecule has 0 unspecified atom stereocenters. The molecule has 1 aliphatic rings. The molecule has 2 heterocycles. The van der Waals surface area contributed by atoms with Crippen LogP contribution in [0.25, 0.3) is 0 Å². The minimum Gasteiger partial charge on any atom is -0.352 e. The van der Waals surface area contributed by atoms with Crippen molar-refractivity contribution in [1.29, 1.82) is 0 Å². The highest BCUT2D eigenvalue weighted by Gasteiger charge is 2.18. The van der Waals surface area contributed by atoms with E-state index in [0.717, 1.165) is 38.1 Å². The van der Waals surface area contributed by atoms with Crippen LogP contribution in [0.4, 0.5) is 0 Å². The molecular formula is C18H26N6. The first-order valence-corrected chi connectivity index (χ1v) is 8.60. The minimum atomic E-state index is 0.743. The molecule has 6 heteroatoms. The first-order valence-electron chi connectivity index (χ1n) is 8.60. The molecule has 6 nitrogen and oxygen atoms in total. The second-order valence-electron chi connectivity index (χ2n) is 6.48. The van der Waals surface area contributed by atoms with Gasteiger partial charge in [-0.1, -0.05) is 31.2 Å². The van der Waals surface area contributed by atoms with E-state index < -0.39 is 0 Å². The van der Waals surface area contributed by atoms with Crippen LogP contribution < -0.4 is 5.32 Å². The Labute approximate surface area is 143 Å². The zero-order valence-corrected chi connectivity index (χ0v) is 14.5. The number of hydrogen-bond donors (Lipinski definition) is 1. The van der Waals surface area contributed by atoms with Crippen molar-refractivity contribution in [3.63, 3.8) is 0 Å². The molecule has 1 fully saturated rings. The number of likely N-dealkylation sites (tertiary alicyclic amines) is 1. The number of aromatic nitrogens is 3. The summed E-state index contributed by atoms with van der Waals surface area (Å²) in [7, 11) is 1.86. The average Bonchev–Trinajstić information content (AvgIpc) is 3.10. The van der Waals surface area contributed by atoms with E-state index in [9.17, 15) is 0 Å². The van der Waals surface area contributed by atoms with E-state index in [0.29, 0.717) is 0 Å². The van der Waals surface area contributed by atoms with Crippen LogP contribution in [0.1, 0.15) is 30.9 Å². The summed E-state index contributed by atoms with van der Waals surface area (Å²) in [6.45, 7) is 6.03. The Morgan fingerprint density at radius 2 is 2.08 bits per heavy atom. The molecule has 0 aliphatic carbocycles. The average molecular weight is 326 g/mol. The van der Waals surface area contributed by atoms with Gasteiger partial charge < -0.3 is 10.2 Å². The van der Waals surface area contributed by atoms with Gasteiger partial charge in [-0.2, -0.15) is 5.10 Å². The van der Waals surface area contributed by atoms with E-state index in [2.05, 4.69) is 56.5 Å². The van der Waals surface area contributed by atoms with Gasteiger partial charge in [0.2, 0.25) is 0 Å². The minimum absolute atomic E-state index is 0.743. The molecule has 0 bridgehead atoms. The first-order chi connectivity index (χ1) is 11.7. The maximum atomic E-state index is 4.44. The number of nitrogens with one attached hydrogen (secondary N) is 1. The standard InChI is InChI=1S/C18H26N6/c1-15-6-8-23(9-7-15)18(19-2)21-11-16-4-3-5-17(10-16)12-24-14-20-13-22-24/h3-5,10,13-15H,6-9,11-12H2,1-2H3,(H,19,21). The lowest BCUT2D eigenvalue weighted by atomic mass is 9.99. The van der Waals surface area contributed by atoms with Gasteiger partial charge >= 0.3 is 0 Å². The summed E-state index contributed by atoms with van der Waals surface area (Å²) < 4.78 is 1.83. The van der Waals surface area contributed by atoms with Crippen LogP contribution in [-0.2, 0) is 13.1 Å². The predicted molar refractivity (Wildman–Crippen MR) is 95.7 cm³/mol. The van der Waals surface area contributed by atoms with Crippen molar-refractivity contribution in [3.8, 4) is 0 Å². The van der Waals surface area contributed by atoms with Crippen molar-refractivity contribution in [2.75, 3.05) is 20.1 Å². The highest BCUT2D eigenvalue weighted by Crippen LogP contribution is 2.16. The van der Waals surface area contributed by atoms with Crippen LogP contribution in [0.15, 0.2) is 41.9 Å². The fourth-order valence-corrected chi connectivity index (χ4v) is 3.07. The van der Waals surface area contributed by atoms with Crippen LogP contribution in [0.3, 0.4) is 0 Å². The van der Waals surface area contributed by atoms with Gasteiger partial charge in [-0.3, -0.25) is 4.99 Å². The maximum Gasteiger partial charge on any atom is 0.193 e. The van der Waals surface area contributed by atoms with Gasteiger partial charge in [-0.25, -0.2) is 9.67 Å². The highest BCUT2D eigenvalue weighted by molar-refractivity contribution is 5.79. The first kappa shape index (κ1) is 16.5. The topological polar surface area (TPSA) is 58.3 Å². The smallest absolute Gasteiger partial charge is 0.193 e. The predicted octanol–water partition coefficient (Wildman–Crippen LogP) is 2.13. The number of benzene rings is 1. The lowest BCUT2D eigenvalue weighted by Gasteiger charge is -2.33. The van der Waals surface area contributed by atoms with E-state index in [1.807, 2.05) is 11.7 Å². The van der Waals surface area contributed by atoms with Gasteiger partial charge in [-0.05, 0) is 29.9 Å². The van der Waals surface area contributed by atoms with Gasteiger partial charge in [-0.15, -0.1) is 0 Å². The number of piperidine rings is 1. The Kier molecular flexibility index (Phi) is 5.46. The van der Waals surface area contributed by atoms with Crippen LogP contribution in [0, 0.1) is 5.92 Å². The number of hydrogen-bond acceptors (Lipinski definition) is 3. The van der Waals surface area contributed by atoms with Crippen molar-refractivity contribution in [2.45, 2.75) is 32.9 Å². The Bertz CT molecular complexity index is 656. The number of nitrogens with zero attached hydrogens (tertiary/aromatic N) is 5. The van der Waals surface area contributed by atoms with Crippen molar-refractivity contribution < 1.29 is 0 Å². The molecule has 1 aromatic carbocycles. The molecule has 0 radical (unpaired) electrons. The van der Waals surface area contributed by atoms with Crippen LogP contribution >= 0.6 is 0 Å². The van der Waals surface area contributed by atoms with Gasteiger partial charge in [0.15, 0.2) is 5.96 Å². The molecule has 1 aromatic heterocycles. The molecule has 1 aliphatic heterocycles. The van der Waals surface area contributed by atoms with Gasteiger partial charge in [0, 0.05) is 26.7 Å². The normalized spacial score (nSPS) is 16.4. The van der Waals surface area contributed by atoms with E-state index >= 15 is 0 Å². The number of rotatable bonds is 4. The van der Waals surface area contributed by atoms with E-state index in [4.69, 9.17) is 0 Å². The number of guanidine groups is 1. The van der Waals surface area contributed by atoms with E-state index in [-0.39, 0.29) is 0 Å². The monoisotopic (exact) mass is 326 g/mol. The fraction of sp³-hybridized carbons (Fsp3) is 0.500. The van der Waals surface area contributed by atoms with Gasteiger partial charge in [0.1, 0.15) is 12.7 Å². The Morgan fingerprint density at radius 1 is 1.29 bits per heavy atom. The van der Waals surface area contributed by atoms with Gasteiger partial charge in [0.25, 0.3) is 0 Å². The number of aliphatic imine (C=N–C) groups is 1. The Balaban J connectivity index is 1.57. The highest BCUT2D eigenvalue weighted by atomic mass is 15.3. The van der Waals surface area contributed by atoms with Crippen molar-refractivity contribution in [3.05, 3.63) is 48.0 Å².